The Hall–Kier alpha value is -0.570. The van der Waals surface area contributed by atoms with Crippen LogP contribution in [0.1, 0.15) is 32.6 Å². The average Bonchev–Trinajstić information content (AvgIpc) is 2.01. The summed E-state index contributed by atoms with van der Waals surface area (Å²) in [5, 5.41) is 0. The lowest BCUT2D eigenvalue weighted by Crippen LogP contribution is -2.52. The normalized spacial score (nSPS) is 21.7. The minimum Gasteiger partial charge on any atom is -0.387 e. The molecule has 0 atom stereocenters. The fourth-order valence-electron chi connectivity index (χ4n) is 1.69. The summed E-state index contributed by atoms with van der Waals surface area (Å²) in [6.45, 7) is 2.92. The van der Waals surface area contributed by atoms with Gasteiger partial charge in [-0.1, -0.05) is 6.92 Å². The van der Waals surface area contributed by atoms with Gasteiger partial charge in [0.25, 0.3) is 0 Å². The zero-order valence-corrected chi connectivity index (χ0v) is 9.01. The summed E-state index contributed by atoms with van der Waals surface area (Å²) >= 11 is 0. The van der Waals surface area contributed by atoms with Crippen molar-refractivity contribution in [1.82, 2.24) is 4.90 Å². The first-order chi connectivity index (χ1) is 6.10. The van der Waals surface area contributed by atoms with Crippen molar-refractivity contribution in [1.29, 1.82) is 0 Å². The zero-order chi connectivity index (χ0) is 9.90. The van der Waals surface area contributed by atoms with Gasteiger partial charge in [-0.15, -0.1) is 0 Å². The molecule has 1 aliphatic carbocycles. The van der Waals surface area contributed by atoms with E-state index in [9.17, 15) is 0 Å². The second-order valence-corrected chi connectivity index (χ2v) is 4.13. The fraction of sp³-hybridized carbons (Fsp3) is 0.900. The van der Waals surface area contributed by atoms with Crippen molar-refractivity contribution in [3.8, 4) is 0 Å². The van der Waals surface area contributed by atoms with Crippen molar-refractivity contribution in [3.05, 3.63) is 0 Å². The van der Waals surface area contributed by atoms with Crippen molar-refractivity contribution in [2.24, 2.45) is 10.7 Å². The Bertz CT molecular complexity index is 192. The van der Waals surface area contributed by atoms with Crippen LogP contribution in [0.2, 0.25) is 0 Å². The molecule has 2 N–H and O–H groups in total. The lowest BCUT2D eigenvalue weighted by molar-refractivity contribution is 0.0700. The van der Waals surface area contributed by atoms with Gasteiger partial charge in [0.2, 0.25) is 0 Å². The maximum atomic E-state index is 5.69. The van der Waals surface area contributed by atoms with Crippen LogP contribution >= 0.6 is 0 Å². The summed E-state index contributed by atoms with van der Waals surface area (Å²) in [4.78, 5) is 6.71. The summed E-state index contributed by atoms with van der Waals surface area (Å²) in [6.07, 6.45) is 4.73. The number of nitrogens with zero attached hydrogens (tertiary/aromatic N) is 2. The van der Waals surface area contributed by atoms with Crippen LogP contribution in [0, 0.1) is 0 Å². The van der Waals surface area contributed by atoms with Crippen LogP contribution in [0.4, 0.5) is 0 Å². The van der Waals surface area contributed by atoms with Gasteiger partial charge in [0.1, 0.15) is 0 Å². The lowest BCUT2D eigenvalue weighted by atomic mass is 9.76. The van der Waals surface area contributed by atoms with E-state index in [4.69, 9.17) is 5.73 Å². The quantitative estimate of drug-likeness (QED) is 0.526. The average molecular weight is 183 g/mol. The Morgan fingerprint density at radius 2 is 2.08 bits per heavy atom. The highest BCUT2D eigenvalue weighted by molar-refractivity contribution is 5.79. The van der Waals surface area contributed by atoms with Crippen LogP contribution in [0.3, 0.4) is 0 Å². The summed E-state index contributed by atoms with van der Waals surface area (Å²) in [6, 6.07) is 0. The molecule has 76 valence electrons. The topological polar surface area (TPSA) is 41.6 Å². The first-order valence-corrected chi connectivity index (χ1v) is 5.07. The predicted octanol–water partition coefficient (Wildman–Crippen LogP) is 1.24. The van der Waals surface area contributed by atoms with E-state index in [1.807, 2.05) is 6.92 Å². The van der Waals surface area contributed by atoms with E-state index in [1.165, 1.54) is 19.3 Å². The number of nitrogens with two attached hydrogens (primary N) is 1. The largest absolute Gasteiger partial charge is 0.387 e. The summed E-state index contributed by atoms with van der Waals surface area (Å²) in [5.41, 5.74) is 6.01. The molecule has 0 aromatic rings. The minimum atomic E-state index is 0.319. The molecule has 1 aliphatic rings. The van der Waals surface area contributed by atoms with Crippen LogP contribution in [-0.2, 0) is 0 Å². The molecule has 0 bridgehead atoms. The predicted molar refractivity (Wildman–Crippen MR) is 57.0 cm³/mol. The number of aliphatic imine (C=N–C) groups is 1. The highest BCUT2D eigenvalue weighted by Gasteiger charge is 2.38. The molecule has 0 unspecified atom stereocenters. The van der Waals surface area contributed by atoms with Gasteiger partial charge in [0.05, 0.1) is 12.4 Å². The monoisotopic (exact) mass is 183 g/mol. The van der Waals surface area contributed by atoms with Gasteiger partial charge < -0.3 is 10.6 Å². The molecular weight excluding hydrogens is 162 g/mol. The van der Waals surface area contributed by atoms with Crippen LogP contribution in [0.5, 0.6) is 0 Å². The molecule has 0 spiro atoms. The van der Waals surface area contributed by atoms with Crippen molar-refractivity contribution < 1.29 is 0 Å². The zero-order valence-electron chi connectivity index (χ0n) is 9.01. The van der Waals surface area contributed by atoms with E-state index in [0.29, 0.717) is 5.54 Å². The van der Waals surface area contributed by atoms with Gasteiger partial charge in [-0.2, -0.15) is 0 Å². The van der Waals surface area contributed by atoms with Crippen molar-refractivity contribution in [3.63, 3.8) is 0 Å². The Morgan fingerprint density at radius 3 is 2.38 bits per heavy atom. The van der Waals surface area contributed by atoms with Crippen molar-refractivity contribution in [2.75, 3.05) is 20.6 Å². The van der Waals surface area contributed by atoms with Crippen LogP contribution in [0.25, 0.3) is 0 Å². The molecule has 0 aromatic heterocycles. The molecule has 0 aliphatic heterocycles. The minimum absolute atomic E-state index is 0.319. The van der Waals surface area contributed by atoms with Gasteiger partial charge in [0, 0.05) is 12.0 Å². The van der Waals surface area contributed by atoms with E-state index in [1.54, 1.807) is 0 Å². The molecule has 3 heteroatoms. The highest BCUT2D eigenvalue weighted by atomic mass is 15.2. The van der Waals surface area contributed by atoms with Crippen LogP contribution in [0.15, 0.2) is 4.99 Å². The number of likely N-dealkylation sites (N-methyl/N-ethyl adjacent to an activating group) is 1. The van der Waals surface area contributed by atoms with Crippen molar-refractivity contribution in [2.45, 2.75) is 38.1 Å². The summed E-state index contributed by atoms with van der Waals surface area (Å²) in [5.74, 6) is 0.785. The molecule has 0 amide bonds. The molecule has 1 rings (SSSR count). The second-order valence-electron chi connectivity index (χ2n) is 4.13. The molecular formula is C10H21N3. The van der Waals surface area contributed by atoms with E-state index in [0.717, 1.165) is 18.8 Å². The second kappa shape index (κ2) is 4.09. The molecule has 13 heavy (non-hydrogen) atoms. The molecule has 0 aromatic carbocycles. The molecule has 0 saturated heterocycles. The van der Waals surface area contributed by atoms with Gasteiger partial charge in [-0.3, -0.25) is 4.99 Å². The van der Waals surface area contributed by atoms with E-state index >= 15 is 0 Å². The molecule has 0 heterocycles. The molecule has 0 radical (unpaired) electrons. The Kier molecular flexibility index (Phi) is 3.31. The number of hydrogen-bond donors (Lipinski definition) is 1. The number of rotatable bonds is 4. The van der Waals surface area contributed by atoms with E-state index in [-0.39, 0.29) is 0 Å². The van der Waals surface area contributed by atoms with Gasteiger partial charge in [-0.25, -0.2) is 0 Å². The van der Waals surface area contributed by atoms with Gasteiger partial charge in [0.15, 0.2) is 0 Å². The summed E-state index contributed by atoms with van der Waals surface area (Å²) in [7, 11) is 4.27. The standard InChI is InChI=1S/C10H21N3/c1-4-9(11)12-8-10(13(2)3)6-5-7-10/h4-8H2,1-3H3,(H2,11,12). The van der Waals surface area contributed by atoms with Crippen molar-refractivity contribution >= 4 is 5.84 Å². The Labute approximate surface area is 81.0 Å². The van der Waals surface area contributed by atoms with Crippen LogP contribution in [-0.4, -0.2) is 36.9 Å². The third-order valence-electron chi connectivity index (χ3n) is 3.17. The fourth-order valence-corrected chi connectivity index (χ4v) is 1.69. The maximum absolute atomic E-state index is 5.69. The Morgan fingerprint density at radius 1 is 1.46 bits per heavy atom. The highest BCUT2D eigenvalue weighted by Crippen LogP contribution is 2.36. The Balaban J connectivity index is 2.50. The molecule has 1 saturated carbocycles. The smallest absolute Gasteiger partial charge is 0.0935 e. The SMILES string of the molecule is CCC(N)=NCC1(N(C)C)CCC1. The number of amidine groups is 1. The third-order valence-corrected chi connectivity index (χ3v) is 3.17. The van der Waals surface area contributed by atoms with Crippen LogP contribution < -0.4 is 5.73 Å². The third kappa shape index (κ3) is 2.21. The lowest BCUT2D eigenvalue weighted by Gasteiger charge is -2.46. The van der Waals surface area contributed by atoms with E-state index < -0.39 is 0 Å². The van der Waals surface area contributed by atoms with Gasteiger partial charge >= 0.3 is 0 Å². The molecule has 1 fully saturated rings. The van der Waals surface area contributed by atoms with E-state index in [2.05, 4.69) is 24.0 Å². The number of hydrogen-bond acceptors (Lipinski definition) is 2. The molecule has 3 nitrogen and oxygen atoms in total. The first kappa shape index (κ1) is 10.5. The van der Waals surface area contributed by atoms with Gasteiger partial charge in [-0.05, 0) is 33.4 Å². The summed E-state index contributed by atoms with van der Waals surface area (Å²) < 4.78 is 0. The first-order valence-electron chi connectivity index (χ1n) is 5.07. The maximum Gasteiger partial charge on any atom is 0.0935 e.